The van der Waals surface area contributed by atoms with Crippen molar-refractivity contribution in [1.82, 2.24) is 15.5 Å². The van der Waals surface area contributed by atoms with Crippen LogP contribution in [0.25, 0.3) is 11.4 Å². The fraction of sp³-hybridized carbons (Fsp3) is 0.158. The molecule has 0 aliphatic rings. The quantitative estimate of drug-likeness (QED) is 0.653. The maximum Gasteiger partial charge on any atom is 0.338 e. The number of ether oxygens (including phenoxy) is 1. The third-order valence-electron chi connectivity index (χ3n) is 3.61. The molecule has 0 saturated heterocycles. The molecule has 2 aromatic carbocycles. The first-order valence-electron chi connectivity index (χ1n) is 8.10. The number of aromatic nitrogens is 2. The molecule has 3 rings (SSSR count). The van der Waals surface area contributed by atoms with E-state index in [1.165, 1.54) is 6.92 Å². The van der Waals surface area contributed by atoms with Crippen LogP contribution in [0.1, 0.15) is 28.7 Å². The Morgan fingerprint density at radius 3 is 2.67 bits per heavy atom. The zero-order chi connectivity index (χ0) is 19.2. The van der Waals surface area contributed by atoms with Gasteiger partial charge in [0.05, 0.1) is 5.56 Å². The monoisotopic (exact) mass is 385 g/mol. The number of nitrogens with one attached hydrogen (secondary N) is 1. The molecule has 7 nitrogen and oxygen atoms in total. The second-order valence-electron chi connectivity index (χ2n) is 5.70. The molecule has 0 bridgehead atoms. The number of benzene rings is 2. The normalized spacial score (nSPS) is 10.4. The molecule has 0 aliphatic heterocycles. The minimum Gasteiger partial charge on any atom is -0.452 e. The van der Waals surface area contributed by atoms with Crippen molar-refractivity contribution in [3.8, 4) is 11.4 Å². The highest BCUT2D eigenvalue weighted by atomic mass is 35.5. The molecule has 3 aromatic rings. The summed E-state index contributed by atoms with van der Waals surface area (Å²) < 4.78 is 10.3. The molecule has 1 aromatic heterocycles. The Bertz CT molecular complexity index is 954. The van der Waals surface area contributed by atoms with E-state index in [1.54, 1.807) is 48.5 Å². The zero-order valence-corrected chi connectivity index (χ0v) is 15.2. The summed E-state index contributed by atoms with van der Waals surface area (Å²) in [5, 5.41) is 7.10. The summed E-state index contributed by atoms with van der Waals surface area (Å²) in [5.41, 5.74) is 1.97. The van der Waals surface area contributed by atoms with Gasteiger partial charge in [-0.3, -0.25) is 4.79 Å². The summed E-state index contributed by atoms with van der Waals surface area (Å²) in [6.07, 6.45) is 0. The van der Waals surface area contributed by atoms with Crippen LogP contribution in [0.3, 0.4) is 0 Å². The van der Waals surface area contributed by atoms with Gasteiger partial charge >= 0.3 is 5.97 Å². The molecule has 27 heavy (non-hydrogen) atoms. The van der Waals surface area contributed by atoms with Crippen LogP contribution in [-0.2, 0) is 22.7 Å². The Morgan fingerprint density at radius 2 is 1.96 bits per heavy atom. The van der Waals surface area contributed by atoms with E-state index < -0.39 is 5.97 Å². The number of amides is 1. The van der Waals surface area contributed by atoms with Gasteiger partial charge in [0.1, 0.15) is 0 Å². The van der Waals surface area contributed by atoms with E-state index in [9.17, 15) is 9.59 Å². The van der Waals surface area contributed by atoms with E-state index in [-0.39, 0.29) is 18.4 Å². The first-order chi connectivity index (χ1) is 13.0. The molecule has 0 atom stereocenters. The minimum atomic E-state index is -0.511. The first-order valence-corrected chi connectivity index (χ1v) is 8.48. The standard InChI is InChI=1S/C19H16ClN3O4/c1-12(24)21-10-13-5-7-14(8-6-13)19(25)26-11-17-22-18(23-27-17)15-3-2-4-16(20)9-15/h2-9H,10-11H2,1H3,(H,21,24). The van der Waals surface area contributed by atoms with Crippen LogP contribution in [0.15, 0.2) is 53.1 Å². The van der Waals surface area contributed by atoms with Crippen LogP contribution in [0.5, 0.6) is 0 Å². The molecule has 1 amide bonds. The summed E-state index contributed by atoms with van der Waals surface area (Å²) in [4.78, 5) is 27.2. The second-order valence-corrected chi connectivity index (χ2v) is 6.14. The van der Waals surface area contributed by atoms with Gasteiger partial charge in [-0.05, 0) is 29.8 Å². The summed E-state index contributed by atoms with van der Waals surface area (Å²) in [6.45, 7) is 1.71. The number of nitrogens with zero attached hydrogens (tertiary/aromatic N) is 2. The van der Waals surface area contributed by atoms with E-state index in [0.29, 0.717) is 28.5 Å². The highest BCUT2D eigenvalue weighted by Gasteiger charge is 2.13. The number of carbonyl (C=O) groups excluding carboxylic acids is 2. The molecule has 0 fully saturated rings. The molecule has 0 radical (unpaired) electrons. The summed E-state index contributed by atoms with van der Waals surface area (Å²) in [5.74, 6) is -0.0785. The highest BCUT2D eigenvalue weighted by Crippen LogP contribution is 2.20. The fourth-order valence-electron chi connectivity index (χ4n) is 2.25. The maximum absolute atomic E-state index is 12.1. The van der Waals surface area contributed by atoms with Crippen molar-refractivity contribution in [2.45, 2.75) is 20.1 Å². The Balaban J connectivity index is 1.57. The molecule has 1 N–H and O–H groups in total. The van der Waals surface area contributed by atoms with E-state index in [1.807, 2.05) is 0 Å². The van der Waals surface area contributed by atoms with Crippen LogP contribution < -0.4 is 5.32 Å². The summed E-state index contributed by atoms with van der Waals surface area (Å²) in [6, 6.07) is 13.8. The van der Waals surface area contributed by atoms with Gasteiger partial charge in [0, 0.05) is 24.1 Å². The van der Waals surface area contributed by atoms with Crippen LogP contribution >= 0.6 is 11.6 Å². The zero-order valence-electron chi connectivity index (χ0n) is 14.4. The average Bonchev–Trinajstić information content (AvgIpc) is 3.14. The molecule has 138 valence electrons. The summed E-state index contributed by atoms with van der Waals surface area (Å²) >= 11 is 5.94. The molecular weight excluding hydrogens is 370 g/mol. The Labute approximate surface area is 160 Å². The maximum atomic E-state index is 12.1. The molecule has 1 heterocycles. The van der Waals surface area contributed by atoms with Crippen LogP contribution in [-0.4, -0.2) is 22.0 Å². The van der Waals surface area contributed by atoms with Gasteiger partial charge < -0.3 is 14.6 Å². The van der Waals surface area contributed by atoms with Crippen LogP contribution in [0, 0.1) is 0 Å². The largest absolute Gasteiger partial charge is 0.452 e. The van der Waals surface area contributed by atoms with Crippen molar-refractivity contribution >= 4 is 23.5 Å². The lowest BCUT2D eigenvalue weighted by atomic mass is 10.1. The van der Waals surface area contributed by atoms with E-state index in [0.717, 1.165) is 5.56 Å². The number of hydrogen-bond donors (Lipinski definition) is 1. The SMILES string of the molecule is CC(=O)NCc1ccc(C(=O)OCc2nc(-c3cccc(Cl)c3)no2)cc1. The predicted molar refractivity (Wildman–Crippen MR) is 97.8 cm³/mol. The lowest BCUT2D eigenvalue weighted by Crippen LogP contribution is -2.18. The van der Waals surface area contributed by atoms with E-state index in [2.05, 4.69) is 15.5 Å². The lowest BCUT2D eigenvalue weighted by Gasteiger charge is -2.05. The Morgan fingerprint density at radius 1 is 1.19 bits per heavy atom. The van der Waals surface area contributed by atoms with Gasteiger partial charge in [-0.15, -0.1) is 0 Å². The smallest absolute Gasteiger partial charge is 0.338 e. The third kappa shape index (κ3) is 5.15. The lowest BCUT2D eigenvalue weighted by molar-refractivity contribution is -0.119. The Hall–Kier alpha value is -3.19. The van der Waals surface area contributed by atoms with Gasteiger partial charge in [0.25, 0.3) is 5.89 Å². The first kappa shape index (κ1) is 18.6. The highest BCUT2D eigenvalue weighted by molar-refractivity contribution is 6.30. The van der Waals surface area contributed by atoms with Crippen molar-refractivity contribution in [1.29, 1.82) is 0 Å². The molecule has 0 spiro atoms. The van der Waals surface area contributed by atoms with Gasteiger partial charge in [0.15, 0.2) is 6.61 Å². The topological polar surface area (TPSA) is 94.3 Å². The molecule has 0 unspecified atom stereocenters. The minimum absolute atomic E-state index is 0.116. The fourth-order valence-corrected chi connectivity index (χ4v) is 2.44. The van der Waals surface area contributed by atoms with Crippen molar-refractivity contribution in [3.63, 3.8) is 0 Å². The Kier molecular flexibility index (Phi) is 5.83. The van der Waals surface area contributed by atoms with E-state index in [4.69, 9.17) is 20.9 Å². The molecule has 8 heteroatoms. The number of hydrogen-bond acceptors (Lipinski definition) is 6. The van der Waals surface area contributed by atoms with Gasteiger partial charge in [-0.1, -0.05) is 41.0 Å². The predicted octanol–water partition coefficient (Wildman–Crippen LogP) is 3.38. The third-order valence-corrected chi connectivity index (χ3v) is 3.84. The molecular formula is C19H16ClN3O4. The number of rotatable bonds is 6. The van der Waals surface area contributed by atoms with Gasteiger partial charge in [-0.2, -0.15) is 4.98 Å². The van der Waals surface area contributed by atoms with Gasteiger partial charge in [0.2, 0.25) is 11.7 Å². The average molecular weight is 386 g/mol. The van der Waals surface area contributed by atoms with E-state index >= 15 is 0 Å². The molecule has 0 saturated carbocycles. The van der Waals surface area contributed by atoms with Crippen molar-refractivity contribution in [2.75, 3.05) is 0 Å². The van der Waals surface area contributed by atoms with Crippen molar-refractivity contribution in [3.05, 3.63) is 70.6 Å². The number of esters is 1. The van der Waals surface area contributed by atoms with Crippen LogP contribution in [0.2, 0.25) is 5.02 Å². The second kappa shape index (κ2) is 8.46. The number of halogens is 1. The molecule has 0 aliphatic carbocycles. The van der Waals surface area contributed by atoms with Crippen molar-refractivity contribution < 1.29 is 18.8 Å². The van der Waals surface area contributed by atoms with Gasteiger partial charge in [-0.25, -0.2) is 4.79 Å². The summed E-state index contributed by atoms with van der Waals surface area (Å²) in [7, 11) is 0. The van der Waals surface area contributed by atoms with Crippen LogP contribution in [0.4, 0.5) is 0 Å². The number of carbonyl (C=O) groups is 2. The van der Waals surface area contributed by atoms with Crippen molar-refractivity contribution in [2.24, 2.45) is 0 Å².